The number of aliphatic imine (C=N–C) groups is 1. The summed E-state index contributed by atoms with van der Waals surface area (Å²) in [6, 6.07) is 11.8. The molecule has 4 saturated carbocycles. The first-order chi connectivity index (χ1) is 27.8. The molecule has 1 aromatic carbocycles. The van der Waals surface area contributed by atoms with Crippen molar-refractivity contribution in [3.63, 3.8) is 0 Å². The largest absolute Gasteiger partial charge is 0.476 e. The number of aromatic carboxylic acids is 1. The zero-order valence-electron chi connectivity index (χ0n) is 35.8. The van der Waals surface area contributed by atoms with E-state index in [0.29, 0.717) is 44.4 Å². The predicted octanol–water partition coefficient (Wildman–Crippen LogP) is 9.82. The third-order valence-corrected chi connectivity index (χ3v) is 16.5. The maximum Gasteiger partial charge on any atom is 0.355 e. The van der Waals surface area contributed by atoms with Crippen molar-refractivity contribution in [2.45, 2.75) is 113 Å². The summed E-state index contributed by atoms with van der Waals surface area (Å²) < 4.78 is 1.10. The van der Waals surface area contributed by atoms with Crippen LogP contribution in [0.3, 0.4) is 0 Å². The molecule has 0 amide bonds. The zero-order valence-corrected chi connectivity index (χ0v) is 36.6. The second-order valence-corrected chi connectivity index (χ2v) is 19.6. The van der Waals surface area contributed by atoms with Crippen molar-refractivity contribution < 1.29 is 9.90 Å². The minimum Gasteiger partial charge on any atom is -0.476 e. The quantitative estimate of drug-likeness (QED) is 0.124. The first kappa shape index (κ1) is 40.6. The maximum atomic E-state index is 12.9. The maximum absolute atomic E-state index is 12.9. The molecule has 0 radical (unpaired) electrons. The van der Waals surface area contributed by atoms with Gasteiger partial charge in [0.15, 0.2) is 10.8 Å². The Balaban J connectivity index is 0.00000231. The van der Waals surface area contributed by atoms with Gasteiger partial charge in [0, 0.05) is 41.8 Å². The van der Waals surface area contributed by atoms with Gasteiger partial charge in [-0.1, -0.05) is 51.2 Å². The van der Waals surface area contributed by atoms with Gasteiger partial charge in [-0.25, -0.2) is 14.8 Å². The molecule has 4 aliphatic carbocycles. The summed E-state index contributed by atoms with van der Waals surface area (Å²) in [6.07, 6.45) is 13.9. The average molecular weight is 805 g/mol. The number of nitrogens with one attached hydrogen (secondary N) is 1. The van der Waals surface area contributed by atoms with Crippen molar-refractivity contribution >= 4 is 49.8 Å². The van der Waals surface area contributed by atoms with Crippen molar-refractivity contribution in [2.75, 3.05) is 42.9 Å². The Hall–Kier alpha value is -4.22. The molecule has 3 aromatic rings. The van der Waals surface area contributed by atoms with Crippen LogP contribution < -0.4 is 21.7 Å². The summed E-state index contributed by atoms with van der Waals surface area (Å²) in [5, 5.41) is 14.6. The Kier molecular flexibility index (Phi) is 10.3. The Labute approximate surface area is 349 Å². The van der Waals surface area contributed by atoms with Crippen LogP contribution in [0.5, 0.6) is 0 Å². The van der Waals surface area contributed by atoms with Gasteiger partial charge in [-0.05, 0) is 167 Å². The first-order valence-corrected chi connectivity index (χ1v) is 22.6. The first-order valence-electron chi connectivity index (χ1n) is 21.8. The van der Waals surface area contributed by atoms with E-state index in [9.17, 15) is 9.90 Å². The SMILES string of the molecule is CC.CC(=NCC12CC3(C)CC4(CCCN5CCCC5)CC(C)(C1)C342)/C(=C\N)c1ccc(N2CCCC(/C(C)=C(\N)Nc3nc4ccccc4s3)=C2C)nc1C(=O)O. The molecule has 2 atom stereocenters. The third-order valence-electron chi connectivity index (χ3n) is 15.5. The number of nitrogens with two attached hydrogens (primary N) is 2. The molecule has 2 aliphatic heterocycles. The van der Waals surface area contributed by atoms with Gasteiger partial charge >= 0.3 is 5.97 Å². The van der Waals surface area contributed by atoms with Gasteiger partial charge < -0.3 is 31.7 Å². The highest BCUT2D eigenvalue weighted by Crippen LogP contribution is 3.06. The van der Waals surface area contributed by atoms with Gasteiger partial charge in [0.1, 0.15) is 11.6 Å². The molecular formula is C47H64N8O2S. The molecule has 10 nitrogen and oxygen atoms in total. The fourth-order valence-electron chi connectivity index (χ4n) is 14.7. The summed E-state index contributed by atoms with van der Waals surface area (Å²) in [5.41, 5.74) is 20.8. The Morgan fingerprint density at radius 1 is 0.983 bits per heavy atom. The zero-order chi connectivity index (χ0) is 41.3. The number of nitrogens with zero attached hydrogens (tertiary/aromatic N) is 5. The number of para-hydroxylation sites is 1. The van der Waals surface area contributed by atoms with E-state index in [2.05, 4.69) is 46.9 Å². The number of thiazole rings is 1. The standard InChI is InChI=1S/C45H58N8O2S.C2H6/c1-28(38(47)51-40-49-34-13-6-7-14-35(34)56-40)31-12-10-21-53(30(31)3)36-16-15-32(37(50-36)39(54)55)33(22-46)29(2)48-27-44-25-41(4)23-43(17-11-20-52-18-8-9-19-52)24-42(5,26-44)45(41,43)44;1-2/h6-7,13-16,22H,8-12,17-21,23-27,46-47H2,1-5H3,(H,49,51)(H,54,55);1-2H3/b33-22+,38-28+,48-29?;. The van der Waals surface area contributed by atoms with Crippen molar-refractivity contribution in [2.24, 2.45) is 43.5 Å². The smallest absolute Gasteiger partial charge is 0.355 e. The van der Waals surface area contributed by atoms with Gasteiger partial charge in [0.05, 0.1) is 10.2 Å². The lowest BCUT2D eigenvalue weighted by molar-refractivity contribution is -0.553. The van der Waals surface area contributed by atoms with Crippen LogP contribution in [-0.4, -0.2) is 64.4 Å². The number of allylic oxidation sites excluding steroid dienone is 4. The number of pyridine rings is 1. The number of carboxylic acid groups (broad SMARTS) is 1. The summed E-state index contributed by atoms with van der Waals surface area (Å²) in [6.45, 7) is 20.5. The van der Waals surface area contributed by atoms with E-state index < -0.39 is 5.97 Å². The molecule has 1 spiro atoms. The highest BCUT2D eigenvalue weighted by atomic mass is 32.1. The molecule has 11 heteroatoms. The number of carbonyl (C=O) groups is 1. The van der Waals surface area contributed by atoms with E-state index in [1.165, 1.54) is 77.2 Å². The Morgan fingerprint density at radius 3 is 2.33 bits per heavy atom. The van der Waals surface area contributed by atoms with Crippen molar-refractivity contribution in [3.8, 4) is 0 Å². The molecule has 9 rings (SSSR count). The number of rotatable bonds is 13. The van der Waals surface area contributed by atoms with Crippen LogP contribution in [0.25, 0.3) is 15.8 Å². The Morgan fingerprint density at radius 2 is 1.67 bits per heavy atom. The van der Waals surface area contributed by atoms with Crippen LogP contribution in [0.1, 0.15) is 129 Å². The van der Waals surface area contributed by atoms with Gasteiger partial charge in [-0.3, -0.25) is 4.99 Å². The third kappa shape index (κ3) is 5.80. The molecule has 2 aromatic heterocycles. The normalized spacial score (nSPS) is 31.8. The van der Waals surface area contributed by atoms with Crippen LogP contribution in [-0.2, 0) is 0 Å². The number of hydrogen-bond donors (Lipinski definition) is 4. The predicted molar refractivity (Wildman–Crippen MR) is 239 cm³/mol. The van der Waals surface area contributed by atoms with Crippen LogP contribution in [0.2, 0.25) is 0 Å². The number of likely N-dealkylation sites (tertiary alicyclic amines) is 1. The molecular weight excluding hydrogens is 741 g/mol. The lowest BCUT2D eigenvalue weighted by Gasteiger charge is -3.03. The number of carboxylic acids is 1. The van der Waals surface area contributed by atoms with Gasteiger partial charge in [0.25, 0.3) is 0 Å². The minimum atomic E-state index is -1.09. The average Bonchev–Trinajstić information content (AvgIpc) is 3.86. The Bertz CT molecular complexity index is 2190. The highest BCUT2D eigenvalue weighted by Gasteiger charge is 3.00. The second kappa shape index (κ2) is 14.8. The lowest BCUT2D eigenvalue weighted by atomic mass is 9.00. The van der Waals surface area contributed by atoms with Crippen LogP contribution in [0, 0.1) is 27.1 Å². The molecule has 6 aliphatic rings. The number of benzene rings is 1. The number of fused-ring (bicyclic) bond motifs is 1. The van der Waals surface area contributed by atoms with E-state index in [1.807, 2.05) is 58.0 Å². The van der Waals surface area contributed by atoms with E-state index >= 15 is 0 Å². The fraction of sp³-hybridized carbons (Fsp3) is 0.574. The number of hydrogen-bond acceptors (Lipinski definition) is 10. The number of aromatic nitrogens is 2. The monoisotopic (exact) mass is 804 g/mol. The molecule has 58 heavy (non-hydrogen) atoms. The fourth-order valence-corrected chi connectivity index (χ4v) is 15.6. The molecule has 310 valence electrons. The van der Waals surface area contributed by atoms with Gasteiger partial charge in [0.2, 0.25) is 0 Å². The molecule has 5 fully saturated rings. The van der Waals surface area contributed by atoms with Crippen molar-refractivity contribution in [1.82, 2.24) is 14.9 Å². The van der Waals surface area contributed by atoms with E-state index in [1.54, 1.807) is 11.3 Å². The minimum absolute atomic E-state index is 0.0165. The lowest BCUT2D eigenvalue weighted by Crippen LogP contribution is -2.98. The molecule has 1 saturated heterocycles. The van der Waals surface area contributed by atoms with Crippen molar-refractivity contribution in [3.05, 3.63) is 76.5 Å². The summed E-state index contributed by atoms with van der Waals surface area (Å²) >= 11 is 1.57. The number of anilines is 2. The second-order valence-electron chi connectivity index (χ2n) is 18.6. The van der Waals surface area contributed by atoms with Crippen LogP contribution in [0.4, 0.5) is 10.9 Å². The molecule has 6 N–H and O–H groups in total. The molecule has 4 heterocycles. The van der Waals surface area contributed by atoms with Gasteiger partial charge in [-0.15, -0.1) is 0 Å². The summed E-state index contributed by atoms with van der Waals surface area (Å²) in [7, 11) is 0. The highest BCUT2D eigenvalue weighted by molar-refractivity contribution is 7.22. The van der Waals surface area contributed by atoms with Crippen molar-refractivity contribution in [1.29, 1.82) is 0 Å². The molecule has 0 bridgehead atoms. The topological polar surface area (TPSA) is 146 Å². The summed E-state index contributed by atoms with van der Waals surface area (Å²) in [4.78, 5) is 32.4. The van der Waals surface area contributed by atoms with E-state index in [4.69, 9.17) is 21.4 Å². The van der Waals surface area contributed by atoms with Crippen LogP contribution >= 0.6 is 11.3 Å². The van der Waals surface area contributed by atoms with Crippen LogP contribution in [0.15, 0.2) is 70.3 Å². The van der Waals surface area contributed by atoms with E-state index in [0.717, 1.165) is 63.8 Å². The summed E-state index contributed by atoms with van der Waals surface area (Å²) in [5.74, 6) is 0.0593. The van der Waals surface area contributed by atoms with Gasteiger partial charge in [-0.2, -0.15) is 0 Å². The van der Waals surface area contributed by atoms with E-state index in [-0.39, 0.29) is 11.1 Å². The molecule has 2 unspecified atom stereocenters.